The summed E-state index contributed by atoms with van der Waals surface area (Å²) in [5.74, 6) is 0. The minimum Gasteiger partial charge on any atom is -0.295 e. The van der Waals surface area contributed by atoms with Gasteiger partial charge in [0.15, 0.2) is 5.29 Å². The number of allylic oxidation sites excluding steroid dienone is 1. The number of benzene rings is 2. The lowest BCUT2D eigenvalue weighted by molar-refractivity contribution is 0.251. The molecule has 0 fully saturated rings. The summed E-state index contributed by atoms with van der Waals surface area (Å²) in [4.78, 5) is 2.44. The summed E-state index contributed by atoms with van der Waals surface area (Å²) in [6.07, 6.45) is 4.11. The Labute approximate surface area is 143 Å². The van der Waals surface area contributed by atoms with Crippen LogP contribution in [0.2, 0.25) is 0 Å². The van der Waals surface area contributed by atoms with E-state index in [2.05, 4.69) is 53.4 Å². The topological polar surface area (TPSA) is 3.24 Å². The van der Waals surface area contributed by atoms with Crippen molar-refractivity contribution >= 4 is 11.6 Å². The first kappa shape index (κ1) is 17.7. The Hall–Kier alpha value is -1.64. The molecule has 0 saturated carbocycles. The van der Waals surface area contributed by atoms with E-state index in [0.29, 0.717) is 6.42 Å². The van der Waals surface area contributed by atoms with Gasteiger partial charge >= 0.3 is 0 Å². The zero-order valence-corrected chi connectivity index (χ0v) is 14.1. The number of nitrogens with zero attached hydrogens (tertiary/aromatic N) is 1. The highest BCUT2D eigenvalue weighted by atomic mass is 35.5. The molecular formula is C20H23ClFN. The van der Waals surface area contributed by atoms with E-state index in [9.17, 15) is 4.39 Å². The third kappa shape index (κ3) is 7.45. The van der Waals surface area contributed by atoms with E-state index in [1.165, 1.54) is 17.2 Å². The number of unbranched alkanes of at least 4 members (excludes halogenated alkanes) is 2. The van der Waals surface area contributed by atoms with Gasteiger partial charge in [-0.2, -0.15) is 4.39 Å². The van der Waals surface area contributed by atoms with Gasteiger partial charge in [0.2, 0.25) is 0 Å². The maximum Gasteiger partial charge on any atom is 0.185 e. The van der Waals surface area contributed by atoms with Crippen LogP contribution in [0.5, 0.6) is 0 Å². The van der Waals surface area contributed by atoms with Gasteiger partial charge in [-0.05, 0) is 43.0 Å². The van der Waals surface area contributed by atoms with Crippen molar-refractivity contribution in [3.8, 4) is 0 Å². The maximum absolute atomic E-state index is 12.5. The lowest BCUT2D eigenvalue weighted by atomic mass is 10.1. The summed E-state index contributed by atoms with van der Waals surface area (Å²) in [5, 5.41) is -0.601. The molecule has 0 spiro atoms. The molecule has 0 bridgehead atoms. The van der Waals surface area contributed by atoms with Crippen molar-refractivity contribution in [1.82, 2.24) is 4.90 Å². The molecular weight excluding hydrogens is 309 g/mol. The van der Waals surface area contributed by atoms with E-state index in [-0.39, 0.29) is 0 Å². The van der Waals surface area contributed by atoms with E-state index in [1.807, 2.05) is 12.1 Å². The molecule has 0 aliphatic rings. The molecule has 2 aromatic carbocycles. The third-order valence-corrected chi connectivity index (χ3v) is 3.88. The minimum absolute atomic E-state index is 0.601. The fourth-order valence-electron chi connectivity index (χ4n) is 2.59. The second kappa shape index (κ2) is 10.2. The van der Waals surface area contributed by atoms with Gasteiger partial charge in [0.1, 0.15) is 0 Å². The summed E-state index contributed by atoms with van der Waals surface area (Å²) < 4.78 is 12.5. The molecule has 122 valence electrons. The fourth-order valence-corrected chi connectivity index (χ4v) is 2.70. The Bertz CT molecular complexity index is 538. The lowest BCUT2D eigenvalue weighted by Crippen LogP contribution is -2.24. The van der Waals surface area contributed by atoms with E-state index in [0.717, 1.165) is 32.5 Å². The fraction of sp³-hybridized carbons (Fsp3) is 0.300. The first-order valence-electron chi connectivity index (χ1n) is 8.05. The van der Waals surface area contributed by atoms with E-state index < -0.39 is 5.29 Å². The van der Waals surface area contributed by atoms with E-state index >= 15 is 0 Å². The predicted octanol–water partition coefficient (Wildman–Crippen LogP) is 5.91. The van der Waals surface area contributed by atoms with Crippen molar-refractivity contribution in [3.63, 3.8) is 0 Å². The Kier molecular flexibility index (Phi) is 7.85. The van der Waals surface area contributed by atoms with Crippen LogP contribution >= 0.6 is 11.6 Å². The minimum atomic E-state index is -0.601. The van der Waals surface area contributed by atoms with Crippen LogP contribution in [0.25, 0.3) is 0 Å². The van der Waals surface area contributed by atoms with E-state index in [1.54, 1.807) is 0 Å². The first-order chi connectivity index (χ1) is 11.2. The van der Waals surface area contributed by atoms with Crippen molar-refractivity contribution in [3.05, 3.63) is 83.2 Å². The zero-order valence-electron chi connectivity index (χ0n) is 13.3. The lowest BCUT2D eigenvalue weighted by Gasteiger charge is -2.22. The zero-order chi connectivity index (χ0) is 16.3. The molecule has 0 aromatic heterocycles. The molecule has 23 heavy (non-hydrogen) atoms. The molecule has 3 heteroatoms. The third-order valence-electron chi connectivity index (χ3n) is 3.73. The number of rotatable bonds is 9. The van der Waals surface area contributed by atoms with E-state index in [4.69, 9.17) is 11.6 Å². The van der Waals surface area contributed by atoms with Gasteiger partial charge in [0.25, 0.3) is 0 Å². The van der Waals surface area contributed by atoms with Crippen LogP contribution in [0.15, 0.2) is 72.0 Å². The molecule has 0 atom stereocenters. The van der Waals surface area contributed by atoms with Gasteiger partial charge in [0, 0.05) is 13.1 Å². The van der Waals surface area contributed by atoms with Crippen LogP contribution in [0.3, 0.4) is 0 Å². The maximum atomic E-state index is 12.5. The molecule has 0 aliphatic heterocycles. The van der Waals surface area contributed by atoms with Crippen molar-refractivity contribution in [2.75, 3.05) is 6.54 Å². The largest absolute Gasteiger partial charge is 0.295 e. The quantitative estimate of drug-likeness (QED) is 0.516. The van der Waals surface area contributed by atoms with Gasteiger partial charge in [-0.25, -0.2) is 0 Å². The molecule has 0 unspecified atom stereocenters. The smallest absolute Gasteiger partial charge is 0.185 e. The summed E-state index contributed by atoms with van der Waals surface area (Å²) >= 11 is 5.22. The number of hydrogen-bond acceptors (Lipinski definition) is 1. The van der Waals surface area contributed by atoms with Crippen LogP contribution in [-0.4, -0.2) is 11.4 Å². The highest BCUT2D eigenvalue weighted by molar-refractivity contribution is 6.28. The highest BCUT2D eigenvalue weighted by Gasteiger charge is 2.07. The Morgan fingerprint density at radius 1 is 0.870 bits per heavy atom. The monoisotopic (exact) mass is 331 g/mol. The van der Waals surface area contributed by atoms with Crippen LogP contribution in [0.4, 0.5) is 4.39 Å². The Balaban J connectivity index is 1.89. The Morgan fingerprint density at radius 2 is 1.39 bits per heavy atom. The van der Waals surface area contributed by atoms with Crippen molar-refractivity contribution in [2.24, 2.45) is 0 Å². The molecule has 1 nitrogen and oxygen atoms in total. The molecule has 0 saturated heterocycles. The number of hydrogen-bond donors (Lipinski definition) is 0. The second-order valence-corrected chi connectivity index (χ2v) is 6.03. The van der Waals surface area contributed by atoms with Crippen LogP contribution in [-0.2, 0) is 13.1 Å². The van der Waals surface area contributed by atoms with Crippen molar-refractivity contribution in [1.29, 1.82) is 0 Å². The van der Waals surface area contributed by atoms with Crippen molar-refractivity contribution < 1.29 is 4.39 Å². The SMILES string of the molecule is F/C(Cl)=C/CCCCN(Cc1ccccc1)Cc1ccccc1. The molecule has 0 N–H and O–H groups in total. The highest BCUT2D eigenvalue weighted by Crippen LogP contribution is 2.12. The normalized spacial score (nSPS) is 11.9. The molecule has 2 aromatic rings. The van der Waals surface area contributed by atoms with Crippen molar-refractivity contribution in [2.45, 2.75) is 32.4 Å². The Morgan fingerprint density at radius 3 is 1.87 bits per heavy atom. The van der Waals surface area contributed by atoms with Gasteiger partial charge in [-0.15, -0.1) is 0 Å². The van der Waals surface area contributed by atoms with Crippen LogP contribution in [0, 0.1) is 0 Å². The molecule has 0 amide bonds. The summed E-state index contributed by atoms with van der Waals surface area (Å²) in [6, 6.07) is 21.0. The summed E-state index contributed by atoms with van der Waals surface area (Å²) in [6.45, 7) is 2.84. The van der Waals surface area contributed by atoms with Crippen LogP contribution < -0.4 is 0 Å². The first-order valence-corrected chi connectivity index (χ1v) is 8.43. The van der Waals surface area contributed by atoms with Gasteiger partial charge < -0.3 is 0 Å². The average Bonchev–Trinajstić information content (AvgIpc) is 2.56. The molecule has 0 aliphatic carbocycles. The molecule has 0 heterocycles. The van der Waals surface area contributed by atoms with Gasteiger partial charge in [0.05, 0.1) is 0 Å². The number of halogens is 2. The van der Waals surface area contributed by atoms with Crippen LogP contribution in [0.1, 0.15) is 30.4 Å². The van der Waals surface area contributed by atoms with Gasteiger partial charge in [-0.1, -0.05) is 72.3 Å². The predicted molar refractivity (Wildman–Crippen MR) is 95.9 cm³/mol. The molecule has 2 rings (SSSR count). The summed E-state index contributed by atoms with van der Waals surface area (Å²) in [5.41, 5.74) is 2.63. The second-order valence-electron chi connectivity index (χ2n) is 5.67. The van der Waals surface area contributed by atoms with Gasteiger partial charge in [-0.3, -0.25) is 4.90 Å². The molecule has 0 radical (unpaired) electrons. The standard InChI is InChI=1S/C20H23ClFN/c21-20(22)14-8-3-9-15-23(16-18-10-4-1-5-11-18)17-19-12-6-2-7-13-19/h1-2,4-7,10-14H,3,8-9,15-17H2/b20-14+. The summed E-state index contributed by atoms with van der Waals surface area (Å²) in [7, 11) is 0. The average molecular weight is 332 g/mol.